The van der Waals surface area contributed by atoms with Crippen molar-refractivity contribution in [2.45, 2.75) is 32.6 Å². The second-order valence-corrected chi connectivity index (χ2v) is 7.36. The van der Waals surface area contributed by atoms with E-state index in [9.17, 15) is 10.1 Å². The Morgan fingerprint density at radius 3 is 2.74 bits per heavy atom. The van der Waals surface area contributed by atoms with Gasteiger partial charge in [0.25, 0.3) is 5.91 Å². The molecule has 0 saturated heterocycles. The fourth-order valence-electron chi connectivity index (χ4n) is 3.01. The molecule has 1 heterocycles. The van der Waals surface area contributed by atoms with Gasteiger partial charge in [0.2, 0.25) is 0 Å². The maximum atomic E-state index is 12.2. The Hall–Kier alpha value is -2.85. The van der Waals surface area contributed by atoms with Gasteiger partial charge in [0.05, 0.1) is 18.4 Å². The molecule has 0 unspecified atom stereocenters. The van der Waals surface area contributed by atoms with Crippen LogP contribution < -0.4 is 10.1 Å². The predicted molar refractivity (Wildman–Crippen MR) is 105 cm³/mol. The molecule has 0 atom stereocenters. The number of rotatable bonds is 6. The number of nitrogens with zero attached hydrogens (tertiary/aromatic N) is 2. The van der Waals surface area contributed by atoms with E-state index >= 15 is 0 Å². The molecule has 1 aliphatic carbocycles. The van der Waals surface area contributed by atoms with Gasteiger partial charge in [-0.05, 0) is 68.0 Å². The van der Waals surface area contributed by atoms with Crippen molar-refractivity contribution in [1.29, 1.82) is 5.26 Å². The second kappa shape index (κ2) is 8.69. The molecule has 0 spiro atoms. The van der Waals surface area contributed by atoms with Crippen LogP contribution in [0.4, 0.5) is 5.00 Å². The molecule has 1 aromatic heterocycles. The smallest absolute Gasteiger partial charge is 0.265 e. The van der Waals surface area contributed by atoms with Gasteiger partial charge >= 0.3 is 0 Å². The average Bonchev–Trinajstić information content (AvgIpc) is 3.04. The number of methoxy groups -OCH3 is 1. The number of nitrogens with one attached hydrogen (secondary N) is 1. The van der Waals surface area contributed by atoms with Gasteiger partial charge in [-0.25, -0.2) is 0 Å². The highest BCUT2D eigenvalue weighted by Gasteiger charge is 2.21. The highest BCUT2D eigenvalue weighted by molar-refractivity contribution is 7.16. The van der Waals surface area contributed by atoms with Gasteiger partial charge in [-0.1, -0.05) is 5.16 Å². The summed E-state index contributed by atoms with van der Waals surface area (Å²) in [7, 11) is 1.61. The summed E-state index contributed by atoms with van der Waals surface area (Å²) in [6.07, 6.45) is 4.11. The third-order valence-corrected chi connectivity index (χ3v) is 5.65. The first-order valence-electron chi connectivity index (χ1n) is 8.78. The lowest BCUT2D eigenvalue weighted by molar-refractivity contribution is -0.120. The SMILES string of the molecule is COc1ccc(C(C)=NOCC(=O)Nc2sc3c(c2C#N)CCCC3)cc1. The average molecular weight is 383 g/mol. The molecule has 2 aromatic rings. The van der Waals surface area contributed by atoms with E-state index in [4.69, 9.17) is 9.57 Å². The third-order valence-electron chi connectivity index (χ3n) is 4.44. The summed E-state index contributed by atoms with van der Waals surface area (Å²) in [6, 6.07) is 9.65. The number of nitriles is 1. The van der Waals surface area contributed by atoms with E-state index < -0.39 is 0 Å². The first-order chi connectivity index (χ1) is 13.1. The van der Waals surface area contributed by atoms with E-state index in [-0.39, 0.29) is 12.5 Å². The van der Waals surface area contributed by atoms with Crippen molar-refractivity contribution < 1.29 is 14.4 Å². The first-order valence-corrected chi connectivity index (χ1v) is 9.59. The number of oxime groups is 1. The van der Waals surface area contributed by atoms with Gasteiger partial charge in [-0.15, -0.1) is 11.3 Å². The molecule has 1 amide bonds. The Morgan fingerprint density at radius 2 is 2.04 bits per heavy atom. The van der Waals surface area contributed by atoms with Crippen LogP contribution in [0.3, 0.4) is 0 Å². The van der Waals surface area contributed by atoms with E-state index in [1.165, 1.54) is 16.2 Å². The first kappa shape index (κ1) is 18.9. The van der Waals surface area contributed by atoms with Gasteiger partial charge in [-0.2, -0.15) is 5.26 Å². The maximum Gasteiger partial charge on any atom is 0.265 e. The summed E-state index contributed by atoms with van der Waals surface area (Å²) in [4.78, 5) is 18.6. The lowest BCUT2D eigenvalue weighted by atomic mass is 9.96. The van der Waals surface area contributed by atoms with Gasteiger partial charge < -0.3 is 14.9 Å². The topological polar surface area (TPSA) is 83.7 Å². The van der Waals surface area contributed by atoms with Crippen LogP contribution in [0.15, 0.2) is 29.4 Å². The van der Waals surface area contributed by atoms with E-state index in [1.54, 1.807) is 14.0 Å². The molecule has 0 saturated carbocycles. The monoisotopic (exact) mass is 383 g/mol. The minimum Gasteiger partial charge on any atom is -0.497 e. The molecule has 1 aromatic carbocycles. The van der Waals surface area contributed by atoms with Crippen molar-refractivity contribution in [3.05, 3.63) is 45.8 Å². The van der Waals surface area contributed by atoms with Crippen LogP contribution in [-0.4, -0.2) is 25.3 Å². The van der Waals surface area contributed by atoms with Crippen molar-refractivity contribution >= 4 is 28.0 Å². The van der Waals surface area contributed by atoms with Crippen LogP contribution in [0.2, 0.25) is 0 Å². The largest absolute Gasteiger partial charge is 0.497 e. The standard InChI is InChI=1S/C20H21N3O3S/c1-13(14-7-9-15(25-2)10-8-14)23-26-12-19(24)22-20-17(11-21)16-5-3-4-6-18(16)27-20/h7-10H,3-6,12H2,1-2H3,(H,22,24). The number of carbonyl (C=O) groups excluding carboxylic acids is 1. The Morgan fingerprint density at radius 1 is 1.30 bits per heavy atom. The maximum absolute atomic E-state index is 12.2. The molecule has 0 aliphatic heterocycles. The van der Waals surface area contributed by atoms with Crippen molar-refractivity contribution in [2.24, 2.45) is 5.16 Å². The van der Waals surface area contributed by atoms with Gasteiger partial charge in [-0.3, -0.25) is 4.79 Å². The number of benzene rings is 1. The number of hydrogen-bond donors (Lipinski definition) is 1. The minimum absolute atomic E-state index is 0.207. The number of carbonyl (C=O) groups is 1. The van der Waals surface area contributed by atoms with Gasteiger partial charge in [0.15, 0.2) is 6.61 Å². The quantitative estimate of drug-likeness (QED) is 0.606. The van der Waals surface area contributed by atoms with Crippen molar-refractivity contribution in [3.63, 3.8) is 0 Å². The molecule has 1 aliphatic rings. The molecule has 140 valence electrons. The summed E-state index contributed by atoms with van der Waals surface area (Å²) in [5.74, 6) is 0.440. The van der Waals surface area contributed by atoms with Crippen LogP contribution in [0.25, 0.3) is 0 Å². The fraction of sp³-hybridized carbons (Fsp3) is 0.350. The zero-order valence-electron chi connectivity index (χ0n) is 15.4. The van der Waals surface area contributed by atoms with Crippen LogP contribution in [0.5, 0.6) is 5.75 Å². The lowest BCUT2D eigenvalue weighted by Gasteiger charge is -2.09. The summed E-state index contributed by atoms with van der Waals surface area (Å²) >= 11 is 1.50. The molecule has 6 nitrogen and oxygen atoms in total. The van der Waals surface area contributed by atoms with E-state index in [0.29, 0.717) is 16.3 Å². The summed E-state index contributed by atoms with van der Waals surface area (Å²) in [6.45, 7) is 1.60. The number of aryl methyl sites for hydroxylation is 1. The number of ether oxygens (including phenoxy) is 1. The van der Waals surface area contributed by atoms with Crippen LogP contribution in [-0.2, 0) is 22.5 Å². The van der Waals surface area contributed by atoms with E-state index in [2.05, 4.69) is 16.5 Å². The Kier molecular flexibility index (Phi) is 6.09. The number of hydrogen-bond acceptors (Lipinski definition) is 6. The number of thiophene rings is 1. The van der Waals surface area contributed by atoms with Crippen LogP contribution in [0, 0.1) is 11.3 Å². The van der Waals surface area contributed by atoms with Crippen molar-refractivity contribution in [2.75, 3.05) is 19.0 Å². The third kappa shape index (κ3) is 4.47. The molecule has 0 fully saturated rings. The Balaban J connectivity index is 1.58. The minimum atomic E-state index is -0.323. The molecule has 0 bridgehead atoms. The van der Waals surface area contributed by atoms with Crippen molar-refractivity contribution in [1.82, 2.24) is 0 Å². The Bertz CT molecular complexity index is 894. The second-order valence-electron chi connectivity index (χ2n) is 6.25. The highest BCUT2D eigenvalue weighted by Crippen LogP contribution is 2.37. The van der Waals surface area contributed by atoms with Crippen molar-refractivity contribution in [3.8, 4) is 11.8 Å². The fourth-order valence-corrected chi connectivity index (χ4v) is 4.26. The van der Waals surface area contributed by atoms with E-state index in [1.807, 2.05) is 24.3 Å². The highest BCUT2D eigenvalue weighted by atomic mass is 32.1. The molecule has 3 rings (SSSR count). The number of anilines is 1. The molecular weight excluding hydrogens is 362 g/mol. The van der Waals surface area contributed by atoms with E-state index in [0.717, 1.165) is 42.6 Å². The number of amides is 1. The summed E-state index contributed by atoms with van der Waals surface area (Å²) in [5, 5.41) is 16.8. The normalized spacial score (nSPS) is 13.4. The molecular formula is C20H21N3O3S. The summed E-state index contributed by atoms with van der Waals surface area (Å²) < 4.78 is 5.12. The Labute approximate surface area is 162 Å². The zero-order chi connectivity index (χ0) is 19.2. The predicted octanol–water partition coefficient (Wildman–Crippen LogP) is 3.89. The molecule has 0 radical (unpaired) electrons. The molecule has 27 heavy (non-hydrogen) atoms. The zero-order valence-corrected chi connectivity index (χ0v) is 16.2. The van der Waals surface area contributed by atoms with Gasteiger partial charge in [0, 0.05) is 4.88 Å². The summed E-state index contributed by atoms with van der Waals surface area (Å²) in [5.41, 5.74) is 3.24. The molecule has 7 heteroatoms. The molecule has 1 N–H and O–H groups in total. The number of fused-ring (bicyclic) bond motifs is 1. The van der Waals surface area contributed by atoms with Crippen LogP contribution >= 0.6 is 11.3 Å². The lowest BCUT2D eigenvalue weighted by Crippen LogP contribution is -2.17. The van der Waals surface area contributed by atoms with Gasteiger partial charge in [0.1, 0.15) is 16.8 Å². The van der Waals surface area contributed by atoms with Crippen LogP contribution in [0.1, 0.15) is 41.3 Å².